The molecule has 2 aromatic rings. The lowest BCUT2D eigenvalue weighted by Crippen LogP contribution is -2.11. The van der Waals surface area contributed by atoms with Gasteiger partial charge >= 0.3 is 6.18 Å². The van der Waals surface area contributed by atoms with Crippen molar-refractivity contribution in [1.29, 1.82) is 5.41 Å². The van der Waals surface area contributed by atoms with E-state index in [2.05, 4.69) is 4.98 Å². The lowest BCUT2D eigenvalue weighted by atomic mass is 10.1. The molecule has 0 aliphatic carbocycles. The molecule has 0 bridgehead atoms. The quantitative estimate of drug-likeness (QED) is 0.626. The second kappa shape index (κ2) is 6.08. The van der Waals surface area contributed by atoms with Gasteiger partial charge in [0.2, 0.25) is 0 Å². The number of nitrogens with two attached hydrogens (primary N) is 1. The van der Waals surface area contributed by atoms with Crippen molar-refractivity contribution in [1.82, 2.24) is 4.98 Å². The van der Waals surface area contributed by atoms with Crippen LogP contribution < -0.4 is 5.73 Å². The van der Waals surface area contributed by atoms with Gasteiger partial charge in [-0.2, -0.15) is 13.2 Å². The molecule has 0 radical (unpaired) electrons. The zero-order chi connectivity index (χ0) is 12.6. The van der Waals surface area contributed by atoms with Gasteiger partial charge in [0.25, 0.3) is 0 Å². The summed E-state index contributed by atoms with van der Waals surface area (Å²) in [7, 11) is 0. The van der Waals surface area contributed by atoms with E-state index < -0.39 is 11.9 Å². The molecule has 0 amide bonds. The number of aromatic nitrogens is 1. The van der Waals surface area contributed by atoms with E-state index in [-0.39, 0.29) is 36.2 Å². The molecule has 1 aromatic heterocycles. The molecular weight excluding hydrogens is 302 g/mol. The Balaban J connectivity index is 0.00000162. The zero-order valence-electron chi connectivity index (χ0n) is 9.36. The Morgan fingerprint density at radius 1 is 1.11 bits per heavy atom. The van der Waals surface area contributed by atoms with E-state index in [4.69, 9.17) is 11.1 Å². The molecule has 3 N–H and O–H groups in total. The highest BCUT2D eigenvalue weighted by Crippen LogP contribution is 2.29. The number of nitrogens with zero attached hydrogens (tertiary/aromatic N) is 1. The third-order valence-corrected chi connectivity index (χ3v) is 2.29. The SMILES string of the molecule is Cl.Cl.N=C(N)c1ccc2ccc(C(F)(F)F)nc2c1. The summed E-state index contributed by atoms with van der Waals surface area (Å²) in [6.45, 7) is 0. The van der Waals surface area contributed by atoms with Crippen LogP contribution in [-0.4, -0.2) is 10.8 Å². The number of rotatable bonds is 1. The zero-order valence-corrected chi connectivity index (χ0v) is 11.0. The smallest absolute Gasteiger partial charge is 0.384 e. The Hall–Kier alpha value is -1.53. The highest BCUT2D eigenvalue weighted by atomic mass is 35.5. The topological polar surface area (TPSA) is 62.8 Å². The molecule has 104 valence electrons. The van der Waals surface area contributed by atoms with Gasteiger partial charge in [-0.25, -0.2) is 4.98 Å². The van der Waals surface area contributed by atoms with Crippen molar-refractivity contribution in [3.05, 3.63) is 41.6 Å². The van der Waals surface area contributed by atoms with Crippen LogP contribution in [0, 0.1) is 5.41 Å². The van der Waals surface area contributed by atoms with Gasteiger partial charge in [0.1, 0.15) is 11.5 Å². The Morgan fingerprint density at radius 3 is 2.21 bits per heavy atom. The summed E-state index contributed by atoms with van der Waals surface area (Å²) in [4.78, 5) is 3.51. The van der Waals surface area contributed by atoms with Crippen molar-refractivity contribution in [3.8, 4) is 0 Å². The lowest BCUT2D eigenvalue weighted by Gasteiger charge is -2.07. The average Bonchev–Trinajstić information content (AvgIpc) is 2.26. The number of hydrogen-bond donors (Lipinski definition) is 2. The number of amidine groups is 1. The van der Waals surface area contributed by atoms with Gasteiger partial charge in [-0.05, 0) is 12.1 Å². The third-order valence-electron chi connectivity index (χ3n) is 2.29. The van der Waals surface area contributed by atoms with Gasteiger partial charge in [0.15, 0.2) is 0 Å². The van der Waals surface area contributed by atoms with Crippen molar-refractivity contribution in [3.63, 3.8) is 0 Å². The van der Waals surface area contributed by atoms with Gasteiger partial charge in [-0.15, -0.1) is 24.8 Å². The van der Waals surface area contributed by atoms with E-state index in [9.17, 15) is 13.2 Å². The summed E-state index contributed by atoms with van der Waals surface area (Å²) >= 11 is 0. The van der Waals surface area contributed by atoms with E-state index in [0.717, 1.165) is 6.07 Å². The van der Waals surface area contributed by atoms with E-state index >= 15 is 0 Å². The number of nitrogens with one attached hydrogen (secondary N) is 1. The monoisotopic (exact) mass is 311 g/mol. The summed E-state index contributed by atoms with van der Waals surface area (Å²) in [6, 6.07) is 6.79. The maximum Gasteiger partial charge on any atom is 0.433 e. The number of nitrogen functional groups attached to an aromatic ring is 1. The first kappa shape index (κ1) is 17.5. The molecule has 8 heteroatoms. The Bertz CT molecular complexity index is 599. The first-order valence-corrected chi connectivity index (χ1v) is 4.70. The first-order valence-electron chi connectivity index (χ1n) is 4.70. The van der Waals surface area contributed by atoms with Crippen LogP contribution in [0.2, 0.25) is 0 Å². The van der Waals surface area contributed by atoms with Crippen molar-refractivity contribution in [2.45, 2.75) is 6.18 Å². The second-order valence-electron chi connectivity index (χ2n) is 3.52. The summed E-state index contributed by atoms with van der Waals surface area (Å²) in [5.41, 5.74) is 4.83. The minimum Gasteiger partial charge on any atom is -0.384 e. The lowest BCUT2D eigenvalue weighted by molar-refractivity contribution is -0.140. The second-order valence-corrected chi connectivity index (χ2v) is 3.52. The fourth-order valence-corrected chi connectivity index (χ4v) is 1.44. The van der Waals surface area contributed by atoms with Gasteiger partial charge in [-0.3, -0.25) is 5.41 Å². The largest absolute Gasteiger partial charge is 0.433 e. The predicted octanol–water partition coefficient (Wildman–Crippen LogP) is 3.38. The average molecular weight is 312 g/mol. The maximum absolute atomic E-state index is 12.4. The Morgan fingerprint density at radius 2 is 1.68 bits per heavy atom. The van der Waals surface area contributed by atoms with Crippen LogP contribution >= 0.6 is 24.8 Å². The molecule has 0 saturated heterocycles. The molecule has 1 aromatic carbocycles. The number of fused-ring (bicyclic) bond motifs is 1. The van der Waals surface area contributed by atoms with Gasteiger partial charge in [0, 0.05) is 10.9 Å². The molecule has 0 saturated carbocycles. The summed E-state index contributed by atoms with van der Waals surface area (Å²) < 4.78 is 37.3. The standard InChI is InChI=1S/C11H8F3N3.2ClH/c12-11(13,14)9-4-3-6-1-2-7(10(15)16)5-8(6)17-9;;/h1-5H,(H3,15,16);2*1H. The number of hydrogen-bond acceptors (Lipinski definition) is 2. The number of benzene rings is 1. The normalized spacial score (nSPS) is 10.5. The molecule has 0 spiro atoms. The molecule has 2 rings (SSSR count). The van der Waals surface area contributed by atoms with Crippen molar-refractivity contribution in [2.24, 2.45) is 5.73 Å². The van der Waals surface area contributed by atoms with Crippen molar-refractivity contribution in [2.75, 3.05) is 0 Å². The fourth-order valence-electron chi connectivity index (χ4n) is 1.44. The van der Waals surface area contributed by atoms with E-state index in [0.29, 0.717) is 10.9 Å². The van der Waals surface area contributed by atoms with Crippen molar-refractivity contribution < 1.29 is 13.2 Å². The molecule has 0 unspecified atom stereocenters. The van der Waals surface area contributed by atoms with Gasteiger partial charge < -0.3 is 5.73 Å². The fraction of sp³-hybridized carbons (Fsp3) is 0.0909. The minimum atomic E-state index is -4.47. The van der Waals surface area contributed by atoms with Crippen LogP contribution in [0.15, 0.2) is 30.3 Å². The maximum atomic E-state index is 12.4. The van der Waals surface area contributed by atoms with Crippen LogP contribution in [0.1, 0.15) is 11.3 Å². The molecule has 1 heterocycles. The number of halogens is 5. The van der Waals surface area contributed by atoms with Gasteiger partial charge in [-0.1, -0.05) is 18.2 Å². The number of pyridine rings is 1. The minimum absolute atomic E-state index is 0. The molecule has 0 aliphatic heterocycles. The van der Waals surface area contributed by atoms with Crippen LogP contribution in [0.5, 0.6) is 0 Å². The molecule has 0 atom stereocenters. The molecule has 19 heavy (non-hydrogen) atoms. The first-order chi connectivity index (χ1) is 7.88. The van der Waals surface area contributed by atoms with E-state index in [1.165, 1.54) is 12.1 Å². The van der Waals surface area contributed by atoms with E-state index in [1.807, 2.05) is 0 Å². The number of alkyl halides is 3. The summed E-state index contributed by atoms with van der Waals surface area (Å²) in [5, 5.41) is 7.79. The van der Waals surface area contributed by atoms with Crippen molar-refractivity contribution >= 4 is 41.6 Å². The molecule has 3 nitrogen and oxygen atoms in total. The highest BCUT2D eigenvalue weighted by Gasteiger charge is 2.32. The summed E-state index contributed by atoms with van der Waals surface area (Å²) in [5.74, 6) is -0.203. The van der Waals surface area contributed by atoms with Crippen LogP contribution in [0.3, 0.4) is 0 Å². The molecule has 0 aliphatic rings. The molecule has 0 fully saturated rings. The summed E-state index contributed by atoms with van der Waals surface area (Å²) in [6.07, 6.45) is -4.47. The highest BCUT2D eigenvalue weighted by molar-refractivity contribution is 5.98. The Kier molecular flexibility index (Phi) is 5.59. The van der Waals surface area contributed by atoms with E-state index in [1.54, 1.807) is 12.1 Å². The predicted molar refractivity (Wildman–Crippen MR) is 72.3 cm³/mol. The van der Waals surface area contributed by atoms with Gasteiger partial charge in [0.05, 0.1) is 5.52 Å². The van der Waals surface area contributed by atoms with Crippen LogP contribution in [0.25, 0.3) is 10.9 Å². The van der Waals surface area contributed by atoms with Crippen LogP contribution in [0.4, 0.5) is 13.2 Å². The Labute approximate surface area is 119 Å². The van der Waals surface area contributed by atoms with Crippen LogP contribution in [-0.2, 0) is 6.18 Å². The molecular formula is C11H10Cl2F3N3. The third kappa shape index (κ3) is 3.71.